The van der Waals surface area contributed by atoms with Crippen molar-refractivity contribution in [2.24, 2.45) is 0 Å². The monoisotopic (exact) mass is 273 g/mol. The first-order valence-electron chi connectivity index (χ1n) is 6.77. The van der Waals surface area contributed by atoms with E-state index in [0.717, 1.165) is 19.4 Å². The predicted molar refractivity (Wildman–Crippen MR) is 79.6 cm³/mol. The molecular weight excluding hydrogens is 254 g/mol. The molecule has 2 aromatic rings. The van der Waals surface area contributed by atoms with Gasteiger partial charge in [-0.3, -0.25) is 0 Å². The molecule has 3 heteroatoms. The fourth-order valence-corrected chi connectivity index (χ4v) is 3.49. The molecule has 1 N–H and O–H groups in total. The van der Waals surface area contributed by atoms with Crippen molar-refractivity contribution in [3.63, 3.8) is 0 Å². The lowest BCUT2D eigenvalue weighted by atomic mass is 9.92. The summed E-state index contributed by atoms with van der Waals surface area (Å²) in [6, 6.07) is 11.2. The van der Waals surface area contributed by atoms with E-state index in [-0.39, 0.29) is 6.10 Å². The van der Waals surface area contributed by atoms with Crippen LogP contribution < -0.4 is 5.32 Å². The standard InChI is InChI=1S/C16H19NOS/c1-17-15(13-7-9-19-11-13)10-16-14-5-3-2-4-12(14)6-8-18-16/h2-5,7,9,11,15-17H,6,8,10H2,1H3. The molecule has 1 aliphatic heterocycles. The Morgan fingerprint density at radius 1 is 1.37 bits per heavy atom. The van der Waals surface area contributed by atoms with Crippen LogP contribution in [0.25, 0.3) is 0 Å². The molecule has 2 nitrogen and oxygen atoms in total. The molecule has 0 saturated heterocycles. The molecule has 0 bridgehead atoms. The Labute approximate surface area is 118 Å². The molecular formula is C16H19NOS. The third-order valence-electron chi connectivity index (χ3n) is 3.84. The highest BCUT2D eigenvalue weighted by atomic mass is 32.1. The fraction of sp³-hybridized carbons (Fsp3) is 0.375. The smallest absolute Gasteiger partial charge is 0.0845 e. The van der Waals surface area contributed by atoms with Gasteiger partial charge in [0.2, 0.25) is 0 Å². The van der Waals surface area contributed by atoms with Crippen LogP contribution in [-0.2, 0) is 11.2 Å². The Kier molecular flexibility index (Phi) is 3.97. The van der Waals surface area contributed by atoms with Gasteiger partial charge in [0.15, 0.2) is 0 Å². The highest BCUT2D eigenvalue weighted by molar-refractivity contribution is 7.07. The van der Waals surface area contributed by atoms with E-state index in [4.69, 9.17) is 4.74 Å². The predicted octanol–water partition coefficient (Wildman–Crippen LogP) is 3.71. The normalized spacial score (nSPS) is 19.9. The number of thiophene rings is 1. The zero-order valence-electron chi connectivity index (χ0n) is 11.1. The molecule has 0 spiro atoms. The lowest BCUT2D eigenvalue weighted by Crippen LogP contribution is -2.23. The van der Waals surface area contributed by atoms with Crippen molar-refractivity contribution in [1.82, 2.24) is 5.32 Å². The van der Waals surface area contributed by atoms with Gasteiger partial charge in [-0.15, -0.1) is 0 Å². The van der Waals surface area contributed by atoms with Crippen LogP contribution in [0.2, 0.25) is 0 Å². The van der Waals surface area contributed by atoms with Gasteiger partial charge in [-0.1, -0.05) is 24.3 Å². The van der Waals surface area contributed by atoms with Crippen LogP contribution in [0.3, 0.4) is 0 Å². The minimum Gasteiger partial charge on any atom is -0.373 e. The third-order valence-corrected chi connectivity index (χ3v) is 4.54. The molecule has 0 radical (unpaired) electrons. The van der Waals surface area contributed by atoms with Crippen LogP contribution >= 0.6 is 11.3 Å². The van der Waals surface area contributed by atoms with Crippen LogP contribution in [0, 0.1) is 0 Å². The number of nitrogens with one attached hydrogen (secondary N) is 1. The fourth-order valence-electron chi connectivity index (χ4n) is 2.78. The zero-order valence-corrected chi connectivity index (χ0v) is 12.0. The van der Waals surface area contributed by atoms with Crippen molar-refractivity contribution in [1.29, 1.82) is 0 Å². The molecule has 0 amide bonds. The lowest BCUT2D eigenvalue weighted by molar-refractivity contribution is 0.0298. The highest BCUT2D eigenvalue weighted by Crippen LogP contribution is 2.34. The third kappa shape index (κ3) is 2.73. The van der Waals surface area contributed by atoms with E-state index in [1.807, 2.05) is 7.05 Å². The minimum absolute atomic E-state index is 0.210. The van der Waals surface area contributed by atoms with Crippen LogP contribution in [0.1, 0.15) is 35.3 Å². The molecule has 19 heavy (non-hydrogen) atoms. The first kappa shape index (κ1) is 12.9. The summed E-state index contributed by atoms with van der Waals surface area (Å²) in [5.74, 6) is 0. The van der Waals surface area contributed by atoms with Crippen molar-refractivity contribution in [2.75, 3.05) is 13.7 Å². The second-order valence-corrected chi connectivity index (χ2v) is 5.72. The van der Waals surface area contributed by atoms with Gasteiger partial charge in [0.1, 0.15) is 0 Å². The first-order valence-corrected chi connectivity index (χ1v) is 7.71. The van der Waals surface area contributed by atoms with Crippen LogP contribution in [0.15, 0.2) is 41.1 Å². The van der Waals surface area contributed by atoms with E-state index >= 15 is 0 Å². The number of hydrogen-bond donors (Lipinski definition) is 1. The first-order chi connectivity index (χ1) is 9.38. The SMILES string of the molecule is CNC(CC1OCCc2ccccc21)c1ccsc1. The Morgan fingerprint density at radius 2 is 2.26 bits per heavy atom. The molecule has 2 heterocycles. The molecule has 0 fully saturated rings. The second-order valence-electron chi connectivity index (χ2n) is 4.94. The van der Waals surface area contributed by atoms with Gasteiger partial charge < -0.3 is 10.1 Å². The quantitative estimate of drug-likeness (QED) is 0.917. The maximum absolute atomic E-state index is 6.00. The molecule has 2 atom stereocenters. The molecule has 1 aliphatic rings. The Balaban J connectivity index is 1.80. The van der Waals surface area contributed by atoms with E-state index in [1.54, 1.807) is 11.3 Å². The topological polar surface area (TPSA) is 21.3 Å². The van der Waals surface area contributed by atoms with Crippen molar-refractivity contribution >= 4 is 11.3 Å². The minimum atomic E-state index is 0.210. The van der Waals surface area contributed by atoms with Gasteiger partial charge in [0, 0.05) is 6.04 Å². The molecule has 0 saturated carbocycles. The number of hydrogen-bond acceptors (Lipinski definition) is 3. The number of ether oxygens (including phenoxy) is 1. The van der Waals surface area contributed by atoms with Crippen molar-refractivity contribution < 1.29 is 4.74 Å². The van der Waals surface area contributed by atoms with Gasteiger partial charge in [-0.25, -0.2) is 0 Å². The molecule has 3 rings (SSSR count). The average Bonchev–Trinajstić information content (AvgIpc) is 2.99. The summed E-state index contributed by atoms with van der Waals surface area (Å²) in [6.45, 7) is 0.835. The molecule has 2 unspecified atom stereocenters. The van der Waals surface area contributed by atoms with Crippen LogP contribution in [0.4, 0.5) is 0 Å². The van der Waals surface area contributed by atoms with E-state index in [1.165, 1.54) is 16.7 Å². The van der Waals surface area contributed by atoms with Gasteiger partial charge in [-0.05, 0) is 53.4 Å². The summed E-state index contributed by atoms with van der Waals surface area (Å²) in [5.41, 5.74) is 4.17. The van der Waals surface area contributed by atoms with Gasteiger partial charge in [-0.2, -0.15) is 11.3 Å². The Hall–Kier alpha value is -1.16. The lowest BCUT2D eigenvalue weighted by Gasteiger charge is -2.29. The molecule has 100 valence electrons. The number of fused-ring (bicyclic) bond motifs is 1. The molecule has 1 aromatic carbocycles. The van der Waals surface area contributed by atoms with Crippen molar-refractivity contribution in [3.8, 4) is 0 Å². The number of benzene rings is 1. The maximum atomic E-state index is 6.00. The van der Waals surface area contributed by atoms with Crippen LogP contribution in [-0.4, -0.2) is 13.7 Å². The van der Waals surface area contributed by atoms with Crippen molar-refractivity contribution in [2.45, 2.75) is 25.0 Å². The zero-order chi connectivity index (χ0) is 13.1. The summed E-state index contributed by atoms with van der Waals surface area (Å²) >= 11 is 1.75. The summed E-state index contributed by atoms with van der Waals surface area (Å²) in [5, 5.41) is 7.76. The van der Waals surface area contributed by atoms with Gasteiger partial charge in [0.25, 0.3) is 0 Å². The van der Waals surface area contributed by atoms with Gasteiger partial charge in [0.05, 0.1) is 12.7 Å². The Bertz CT molecular complexity index is 523. The summed E-state index contributed by atoms with van der Waals surface area (Å²) in [4.78, 5) is 0. The largest absolute Gasteiger partial charge is 0.373 e. The van der Waals surface area contributed by atoms with E-state index in [0.29, 0.717) is 6.04 Å². The van der Waals surface area contributed by atoms with E-state index in [9.17, 15) is 0 Å². The highest BCUT2D eigenvalue weighted by Gasteiger charge is 2.24. The number of rotatable bonds is 4. The van der Waals surface area contributed by atoms with Crippen molar-refractivity contribution in [3.05, 3.63) is 57.8 Å². The van der Waals surface area contributed by atoms with Gasteiger partial charge >= 0.3 is 0 Å². The summed E-state index contributed by atoms with van der Waals surface area (Å²) in [7, 11) is 2.02. The molecule has 1 aromatic heterocycles. The molecule has 0 aliphatic carbocycles. The average molecular weight is 273 g/mol. The second kappa shape index (κ2) is 5.87. The van der Waals surface area contributed by atoms with Crippen LogP contribution in [0.5, 0.6) is 0 Å². The summed E-state index contributed by atoms with van der Waals surface area (Å²) in [6.07, 6.45) is 2.24. The maximum Gasteiger partial charge on any atom is 0.0845 e. The summed E-state index contributed by atoms with van der Waals surface area (Å²) < 4.78 is 6.00. The van der Waals surface area contributed by atoms with E-state index in [2.05, 4.69) is 46.4 Å². The Morgan fingerprint density at radius 3 is 3.05 bits per heavy atom. The van der Waals surface area contributed by atoms with E-state index < -0.39 is 0 Å².